The highest BCUT2D eigenvalue weighted by Gasteiger charge is 2.35. The number of piperazine rings is 2. The maximum Gasteiger partial charge on any atom is 0.254 e. The molecule has 2 amide bonds. The Bertz CT molecular complexity index is 1160. The van der Waals surface area contributed by atoms with Crippen LogP contribution >= 0.6 is 23.2 Å². The van der Waals surface area contributed by atoms with Crippen LogP contribution in [0.2, 0.25) is 10.0 Å². The SMILES string of the molecule is COc1ccc(C(=O)N2CCN3CCN(C(=O)CCc4cc(Cl)ccc4Cl)CC3C2)cc1OCC1CC1. The van der Waals surface area contributed by atoms with Gasteiger partial charge in [0.05, 0.1) is 13.7 Å². The average Bonchev–Trinajstić information content (AvgIpc) is 3.75. The van der Waals surface area contributed by atoms with Crippen LogP contribution in [0.4, 0.5) is 0 Å². The van der Waals surface area contributed by atoms with Gasteiger partial charge in [-0.05, 0) is 67.1 Å². The van der Waals surface area contributed by atoms with Gasteiger partial charge in [-0.2, -0.15) is 0 Å². The molecular formula is C28H33Cl2N3O4. The van der Waals surface area contributed by atoms with Crippen LogP contribution in [0.15, 0.2) is 36.4 Å². The van der Waals surface area contributed by atoms with Crippen LogP contribution in [0.25, 0.3) is 0 Å². The van der Waals surface area contributed by atoms with Crippen LogP contribution in [-0.4, -0.2) is 85.5 Å². The summed E-state index contributed by atoms with van der Waals surface area (Å²) in [4.78, 5) is 32.6. The Morgan fingerprint density at radius 3 is 2.46 bits per heavy atom. The molecule has 9 heteroatoms. The minimum atomic E-state index is -0.0161. The van der Waals surface area contributed by atoms with Crippen LogP contribution in [0.5, 0.6) is 11.5 Å². The van der Waals surface area contributed by atoms with E-state index in [-0.39, 0.29) is 17.9 Å². The van der Waals surface area contributed by atoms with Gasteiger partial charge in [0.15, 0.2) is 11.5 Å². The minimum Gasteiger partial charge on any atom is -0.493 e. The van der Waals surface area contributed by atoms with Crippen LogP contribution in [-0.2, 0) is 11.2 Å². The van der Waals surface area contributed by atoms with Gasteiger partial charge in [-0.25, -0.2) is 0 Å². The molecule has 0 N–H and O–H groups in total. The topological polar surface area (TPSA) is 62.3 Å². The summed E-state index contributed by atoms with van der Waals surface area (Å²) >= 11 is 12.4. The number of rotatable bonds is 8. The van der Waals surface area contributed by atoms with Crippen molar-refractivity contribution < 1.29 is 19.1 Å². The Morgan fingerprint density at radius 2 is 1.70 bits per heavy atom. The molecule has 2 aliphatic heterocycles. The van der Waals surface area contributed by atoms with E-state index in [0.717, 1.165) is 18.7 Å². The van der Waals surface area contributed by atoms with Crippen molar-refractivity contribution in [2.75, 3.05) is 53.0 Å². The largest absolute Gasteiger partial charge is 0.493 e. The Hall–Kier alpha value is -2.48. The van der Waals surface area contributed by atoms with Crippen molar-refractivity contribution in [3.8, 4) is 11.5 Å². The molecular weight excluding hydrogens is 513 g/mol. The molecule has 5 rings (SSSR count). The fraction of sp³-hybridized carbons (Fsp3) is 0.500. The van der Waals surface area contributed by atoms with E-state index in [9.17, 15) is 9.59 Å². The molecule has 0 aromatic heterocycles. The number of fused-ring (bicyclic) bond motifs is 1. The maximum absolute atomic E-state index is 13.4. The predicted molar refractivity (Wildman–Crippen MR) is 144 cm³/mol. The maximum atomic E-state index is 13.4. The molecule has 1 aliphatic carbocycles. The zero-order valence-electron chi connectivity index (χ0n) is 21.1. The van der Waals surface area contributed by atoms with Gasteiger partial charge in [-0.1, -0.05) is 23.2 Å². The first kappa shape index (κ1) is 26.1. The third-order valence-electron chi connectivity index (χ3n) is 7.53. The van der Waals surface area contributed by atoms with Crippen LogP contribution < -0.4 is 9.47 Å². The number of carbonyl (C=O) groups is 2. The summed E-state index contributed by atoms with van der Waals surface area (Å²) in [5.74, 6) is 1.96. The number of hydrogen-bond donors (Lipinski definition) is 0. The van der Waals surface area contributed by atoms with Crippen molar-refractivity contribution in [3.63, 3.8) is 0 Å². The number of hydrogen-bond acceptors (Lipinski definition) is 5. The monoisotopic (exact) mass is 545 g/mol. The second kappa shape index (κ2) is 11.5. The molecule has 0 spiro atoms. The summed E-state index contributed by atoms with van der Waals surface area (Å²) in [6.07, 6.45) is 3.32. The molecule has 3 aliphatic rings. The zero-order chi connectivity index (χ0) is 25.9. The molecule has 2 heterocycles. The number of ether oxygens (including phenoxy) is 2. The molecule has 1 atom stereocenters. The minimum absolute atomic E-state index is 0.0161. The first-order valence-electron chi connectivity index (χ1n) is 13.0. The van der Waals surface area contributed by atoms with E-state index in [1.54, 1.807) is 37.4 Å². The lowest BCUT2D eigenvalue weighted by Crippen LogP contribution is -2.63. The molecule has 2 saturated heterocycles. The lowest BCUT2D eigenvalue weighted by Gasteiger charge is -2.47. The van der Waals surface area contributed by atoms with Gasteiger partial charge >= 0.3 is 0 Å². The Morgan fingerprint density at radius 1 is 0.946 bits per heavy atom. The predicted octanol–water partition coefficient (Wildman–Crippen LogP) is 4.39. The number of nitrogens with zero attached hydrogens (tertiary/aromatic N) is 3. The number of methoxy groups -OCH3 is 1. The van der Waals surface area contributed by atoms with Gasteiger partial charge < -0.3 is 19.3 Å². The van der Waals surface area contributed by atoms with Crippen LogP contribution in [0, 0.1) is 5.92 Å². The van der Waals surface area contributed by atoms with Crippen molar-refractivity contribution in [2.24, 2.45) is 5.92 Å². The molecule has 2 aromatic carbocycles. The smallest absolute Gasteiger partial charge is 0.254 e. The first-order chi connectivity index (χ1) is 17.9. The second-order valence-corrected chi connectivity index (χ2v) is 11.0. The average molecular weight is 546 g/mol. The third-order valence-corrected chi connectivity index (χ3v) is 8.13. The Kier molecular flexibility index (Phi) is 8.12. The van der Waals surface area contributed by atoms with E-state index in [1.165, 1.54) is 12.8 Å². The molecule has 1 unspecified atom stereocenters. The van der Waals surface area contributed by atoms with Crippen LogP contribution in [0.3, 0.4) is 0 Å². The van der Waals surface area contributed by atoms with Gasteiger partial charge in [-0.15, -0.1) is 0 Å². The number of aryl methyl sites for hydroxylation is 1. The number of halogens is 2. The Balaban J connectivity index is 1.19. The molecule has 2 aromatic rings. The van der Waals surface area contributed by atoms with Crippen molar-refractivity contribution in [1.82, 2.24) is 14.7 Å². The van der Waals surface area contributed by atoms with Gasteiger partial charge in [0.1, 0.15) is 0 Å². The van der Waals surface area contributed by atoms with E-state index < -0.39 is 0 Å². The second-order valence-electron chi connectivity index (χ2n) is 10.1. The summed E-state index contributed by atoms with van der Waals surface area (Å²) < 4.78 is 11.4. The molecule has 0 radical (unpaired) electrons. The highest BCUT2D eigenvalue weighted by Crippen LogP contribution is 2.34. The van der Waals surface area contributed by atoms with Crippen molar-refractivity contribution in [2.45, 2.75) is 31.7 Å². The van der Waals surface area contributed by atoms with Crippen molar-refractivity contribution >= 4 is 35.0 Å². The quantitative estimate of drug-likeness (QED) is 0.492. The van der Waals surface area contributed by atoms with Gasteiger partial charge in [0.2, 0.25) is 5.91 Å². The molecule has 198 valence electrons. The van der Waals surface area contributed by atoms with Crippen molar-refractivity contribution in [3.05, 3.63) is 57.6 Å². The number of benzene rings is 2. The molecule has 3 fully saturated rings. The lowest BCUT2D eigenvalue weighted by atomic mass is 10.0. The van der Waals surface area contributed by atoms with Crippen LogP contribution in [0.1, 0.15) is 35.2 Å². The van der Waals surface area contributed by atoms with Gasteiger partial charge in [0.25, 0.3) is 5.91 Å². The summed E-state index contributed by atoms with van der Waals surface area (Å²) in [5.41, 5.74) is 1.48. The van der Waals surface area contributed by atoms with E-state index in [2.05, 4.69) is 4.90 Å². The highest BCUT2D eigenvalue weighted by molar-refractivity contribution is 6.33. The van der Waals surface area contributed by atoms with E-state index in [0.29, 0.717) is 78.7 Å². The van der Waals surface area contributed by atoms with E-state index >= 15 is 0 Å². The van der Waals surface area contributed by atoms with Crippen molar-refractivity contribution in [1.29, 1.82) is 0 Å². The highest BCUT2D eigenvalue weighted by atomic mass is 35.5. The molecule has 0 bridgehead atoms. The summed E-state index contributed by atoms with van der Waals surface area (Å²) in [5, 5.41) is 1.24. The van der Waals surface area contributed by atoms with E-state index in [1.807, 2.05) is 15.9 Å². The fourth-order valence-electron chi connectivity index (χ4n) is 5.10. The lowest BCUT2D eigenvalue weighted by molar-refractivity contribution is -0.135. The standard InChI is InChI=1S/C28H33Cl2N3O4/c1-36-25-8-4-21(15-26(25)37-18-19-2-3-19)28(35)33-13-11-31-10-12-32(16-23(31)17-33)27(34)9-5-20-14-22(29)6-7-24(20)30/h4,6-8,14-15,19,23H,2-3,5,9-13,16-18H2,1H3. The Labute approximate surface area is 228 Å². The van der Waals surface area contributed by atoms with Gasteiger partial charge in [-0.3, -0.25) is 14.5 Å². The zero-order valence-corrected chi connectivity index (χ0v) is 22.6. The fourth-order valence-corrected chi connectivity index (χ4v) is 5.50. The number of amides is 2. The summed E-state index contributed by atoms with van der Waals surface area (Å²) in [7, 11) is 1.61. The third kappa shape index (κ3) is 6.33. The number of carbonyl (C=O) groups excluding carboxylic acids is 2. The summed E-state index contributed by atoms with van der Waals surface area (Å²) in [6, 6.07) is 10.9. The first-order valence-corrected chi connectivity index (χ1v) is 13.7. The van der Waals surface area contributed by atoms with Gasteiger partial charge in [0, 0.05) is 67.3 Å². The molecule has 7 nitrogen and oxygen atoms in total. The summed E-state index contributed by atoms with van der Waals surface area (Å²) in [6.45, 7) is 4.85. The molecule has 37 heavy (non-hydrogen) atoms. The normalized spacial score (nSPS) is 19.9. The molecule has 1 saturated carbocycles. The van der Waals surface area contributed by atoms with E-state index in [4.69, 9.17) is 32.7 Å².